The molecule has 170 valence electrons. The van der Waals surface area contributed by atoms with Gasteiger partial charge >= 0.3 is 12.1 Å². The third-order valence-electron chi connectivity index (χ3n) is 5.05. The van der Waals surface area contributed by atoms with Gasteiger partial charge in [0.2, 0.25) is 0 Å². The minimum absolute atomic E-state index is 0.0699. The molecule has 0 aromatic carbocycles. The predicted molar refractivity (Wildman–Crippen MR) is 101 cm³/mol. The molecule has 1 N–H and O–H groups in total. The maximum atomic E-state index is 12.8. The second-order valence-electron chi connectivity index (χ2n) is 7.68. The molecule has 3 heterocycles. The zero-order valence-corrected chi connectivity index (χ0v) is 17.3. The number of carboxylic acid groups (broad SMARTS) is 1. The van der Waals surface area contributed by atoms with Crippen molar-refractivity contribution in [2.24, 2.45) is 7.05 Å². The maximum Gasteiger partial charge on any atom is 0.490 e. The van der Waals surface area contributed by atoms with E-state index in [9.17, 15) is 18.0 Å². The highest BCUT2D eigenvalue weighted by atomic mass is 19.4. The monoisotopic (exact) mass is 435 g/mol. The number of nitrogens with zero attached hydrogens (tertiary/aromatic N) is 3. The fraction of sp³-hybridized carbons (Fsp3) is 0.684. The molecular weight excluding hydrogens is 407 g/mol. The van der Waals surface area contributed by atoms with Crippen molar-refractivity contribution in [1.82, 2.24) is 14.4 Å². The van der Waals surface area contributed by atoms with Crippen molar-refractivity contribution < 1.29 is 37.3 Å². The highest BCUT2D eigenvalue weighted by Gasteiger charge is 2.42. The Labute approximate surface area is 173 Å². The number of hydrogen-bond acceptors (Lipinski definition) is 5. The average molecular weight is 435 g/mol. The number of carbonyl (C=O) groups is 2. The number of ether oxygens (including phenoxy) is 2. The number of morpholine rings is 1. The summed E-state index contributed by atoms with van der Waals surface area (Å²) in [6.45, 7) is 9.14. The molecule has 1 unspecified atom stereocenters. The van der Waals surface area contributed by atoms with Crippen LogP contribution in [0.25, 0.3) is 0 Å². The van der Waals surface area contributed by atoms with Gasteiger partial charge in [-0.1, -0.05) is 0 Å². The minimum atomic E-state index is -5.08. The molecule has 0 saturated carbocycles. The molecule has 1 amide bonds. The first-order valence-corrected chi connectivity index (χ1v) is 9.62. The van der Waals surface area contributed by atoms with Crippen LogP contribution in [0.3, 0.4) is 0 Å². The van der Waals surface area contributed by atoms with Crippen molar-refractivity contribution in [3.05, 3.63) is 24.0 Å². The molecule has 2 saturated heterocycles. The Kier molecular flexibility index (Phi) is 7.89. The largest absolute Gasteiger partial charge is 0.490 e. The van der Waals surface area contributed by atoms with Crippen LogP contribution in [-0.4, -0.2) is 95.2 Å². The van der Waals surface area contributed by atoms with Crippen LogP contribution in [0.5, 0.6) is 0 Å². The number of aromatic nitrogens is 1. The van der Waals surface area contributed by atoms with E-state index in [1.807, 2.05) is 34.8 Å². The molecule has 2 aliphatic rings. The van der Waals surface area contributed by atoms with Gasteiger partial charge in [-0.2, -0.15) is 13.2 Å². The number of aryl methyl sites for hydroxylation is 1. The summed E-state index contributed by atoms with van der Waals surface area (Å²) >= 11 is 0. The first-order chi connectivity index (χ1) is 13.9. The average Bonchev–Trinajstić information content (AvgIpc) is 2.98. The Morgan fingerprint density at radius 3 is 2.40 bits per heavy atom. The molecule has 8 nitrogen and oxygen atoms in total. The number of aliphatic carboxylic acids is 1. The van der Waals surface area contributed by atoms with E-state index in [0.29, 0.717) is 32.3 Å². The lowest BCUT2D eigenvalue weighted by Crippen LogP contribution is -2.60. The molecule has 30 heavy (non-hydrogen) atoms. The van der Waals surface area contributed by atoms with Gasteiger partial charge in [0.15, 0.2) is 0 Å². The van der Waals surface area contributed by atoms with Crippen LogP contribution in [0.1, 0.15) is 24.3 Å². The lowest BCUT2D eigenvalue weighted by atomic mass is 10.0. The van der Waals surface area contributed by atoms with Crippen LogP contribution in [0.15, 0.2) is 18.3 Å². The fourth-order valence-corrected chi connectivity index (χ4v) is 3.42. The molecule has 1 atom stereocenters. The van der Waals surface area contributed by atoms with E-state index in [-0.39, 0.29) is 5.91 Å². The zero-order chi connectivity index (χ0) is 22.5. The Balaban J connectivity index is 0.000000396. The van der Waals surface area contributed by atoms with Crippen molar-refractivity contribution >= 4 is 11.9 Å². The predicted octanol–water partition coefficient (Wildman–Crippen LogP) is 1.61. The Bertz CT molecular complexity index is 737. The van der Waals surface area contributed by atoms with Crippen LogP contribution < -0.4 is 0 Å². The van der Waals surface area contributed by atoms with E-state index in [2.05, 4.69) is 18.7 Å². The highest BCUT2D eigenvalue weighted by molar-refractivity contribution is 5.92. The minimum Gasteiger partial charge on any atom is -0.475 e. The number of rotatable bonds is 2. The van der Waals surface area contributed by atoms with E-state index in [4.69, 9.17) is 19.4 Å². The SMILES string of the molecule is CC(C)N1CCOCC2(CN(C(=O)c3cccn3C)CCO2)C1.O=C(O)C(F)(F)F. The molecule has 11 heteroatoms. The van der Waals surface area contributed by atoms with Gasteiger partial charge in [0.1, 0.15) is 11.3 Å². The number of hydrogen-bond donors (Lipinski definition) is 1. The molecule has 3 rings (SSSR count). The molecule has 0 bridgehead atoms. The molecule has 1 aromatic heterocycles. The lowest BCUT2D eigenvalue weighted by molar-refractivity contribution is -0.192. The Morgan fingerprint density at radius 2 is 1.87 bits per heavy atom. The maximum absolute atomic E-state index is 12.8. The van der Waals surface area contributed by atoms with Gasteiger partial charge in [-0.15, -0.1) is 0 Å². The fourth-order valence-electron chi connectivity index (χ4n) is 3.42. The third-order valence-corrected chi connectivity index (χ3v) is 5.05. The van der Waals surface area contributed by atoms with E-state index in [0.717, 1.165) is 25.4 Å². The van der Waals surface area contributed by atoms with Gasteiger partial charge < -0.3 is 24.0 Å². The zero-order valence-electron chi connectivity index (χ0n) is 17.3. The van der Waals surface area contributed by atoms with Crippen molar-refractivity contribution in [3.63, 3.8) is 0 Å². The molecule has 1 aromatic rings. The number of carboxylic acids is 1. The second kappa shape index (κ2) is 9.80. The quantitative estimate of drug-likeness (QED) is 0.760. The normalized spacial score (nSPS) is 23.1. The van der Waals surface area contributed by atoms with E-state index >= 15 is 0 Å². The summed E-state index contributed by atoms with van der Waals surface area (Å²) in [7, 11) is 1.90. The molecule has 0 aliphatic carbocycles. The molecule has 0 radical (unpaired) electrons. The summed E-state index contributed by atoms with van der Waals surface area (Å²) in [6.07, 6.45) is -3.18. The first kappa shape index (κ1) is 24.2. The summed E-state index contributed by atoms with van der Waals surface area (Å²) in [5.74, 6) is -2.69. The smallest absolute Gasteiger partial charge is 0.475 e. The standard InChI is InChI=1S/C17H27N3O3.C2HF3O2/c1-14(2)19-7-9-22-13-17(11-19)12-20(8-10-23-17)16(21)15-5-4-6-18(15)3;3-2(4,5)1(6)7/h4-6,14H,7-13H2,1-3H3;(H,6,7). The van der Waals surface area contributed by atoms with Crippen molar-refractivity contribution in [2.75, 3.05) is 46.0 Å². The van der Waals surface area contributed by atoms with Gasteiger partial charge in [-0.3, -0.25) is 9.69 Å². The Hall–Kier alpha value is -2.11. The summed E-state index contributed by atoms with van der Waals surface area (Å²) in [6, 6.07) is 4.21. The van der Waals surface area contributed by atoms with E-state index in [1.54, 1.807) is 0 Å². The van der Waals surface area contributed by atoms with Crippen LogP contribution in [-0.2, 0) is 21.3 Å². The molecule has 2 aliphatic heterocycles. The van der Waals surface area contributed by atoms with Crippen molar-refractivity contribution in [3.8, 4) is 0 Å². The van der Waals surface area contributed by atoms with Gasteiger partial charge in [0, 0.05) is 38.9 Å². The van der Waals surface area contributed by atoms with Crippen LogP contribution in [0.4, 0.5) is 13.2 Å². The summed E-state index contributed by atoms with van der Waals surface area (Å²) < 4.78 is 45.5. The number of halogens is 3. The third kappa shape index (κ3) is 6.19. The molecule has 1 spiro atoms. The summed E-state index contributed by atoms with van der Waals surface area (Å²) in [4.78, 5) is 26.0. The second-order valence-corrected chi connectivity index (χ2v) is 7.68. The van der Waals surface area contributed by atoms with Gasteiger partial charge in [0.05, 0.1) is 26.4 Å². The van der Waals surface area contributed by atoms with Crippen LogP contribution >= 0.6 is 0 Å². The van der Waals surface area contributed by atoms with E-state index < -0.39 is 17.7 Å². The highest BCUT2D eigenvalue weighted by Crippen LogP contribution is 2.24. The van der Waals surface area contributed by atoms with Crippen molar-refractivity contribution in [1.29, 1.82) is 0 Å². The lowest BCUT2D eigenvalue weighted by Gasteiger charge is -2.44. The van der Waals surface area contributed by atoms with Crippen molar-refractivity contribution in [2.45, 2.75) is 31.7 Å². The number of amides is 1. The first-order valence-electron chi connectivity index (χ1n) is 9.62. The van der Waals surface area contributed by atoms with Gasteiger partial charge in [0.25, 0.3) is 5.91 Å². The molecule has 2 fully saturated rings. The van der Waals surface area contributed by atoms with Gasteiger partial charge in [-0.25, -0.2) is 4.79 Å². The van der Waals surface area contributed by atoms with Gasteiger partial charge in [-0.05, 0) is 26.0 Å². The number of carbonyl (C=O) groups excluding carboxylic acids is 1. The summed E-state index contributed by atoms with van der Waals surface area (Å²) in [5, 5.41) is 7.12. The topological polar surface area (TPSA) is 84.2 Å². The van der Waals surface area contributed by atoms with Crippen LogP contribution in [0.2, 0.25) is 0 Å². The summed E-state index contributed by atoms with van der Waals surface area (Å²) in [5.41, 5.74) is 0.303. The molecular formula is C19H28F3N3O5. The van der Waals surface area contributed by atoms with E-state index in [1.165, 1.54) is 0 Å². The number of alkyl halides is 3. The van der Waals surface area contributed by atoms with Crippen LogP contribution in [0, 0.1) is 0 Å². The Morgan fingerprint density at radius 1 is 1.20 bits per heavy atom.